The normalized spacial score (nSPS) is 15.9. The van der Waals surface area contributed by atoms with Gasteiger partial charge in [0, 0.05) is 36.7 Å². The highest BCUT2D eigenvalue weighted by Crippen LogP contribution is 2.25. The van der Waals surface area contributed by atoms with Crippen LogP contribution in [0.15, 0.2) is 41.5 Å². The number of amides is 1. The van der Waals surface area contributed by atoms with Gasteiger partial charge < -0.3 is 9.88 Å². The second kappa shape index (κ2) is 7.28. The zero-order chi connectivity index (χ0) is 18.7. The summed E-state index contributed by atoms with van der Waals surface area (Å²) >= 11 is 0. The van der Waals surface area contributed by atoms with E-state index in [1.165, 1.54) is 11.0 Å². The number of likely N-dealkylation sites (tertiary alicyclic amines) is 1. The molecule has 0 aromatic carbocycles. The zero-order valence-corrected chi connectivity index (χ0v) is 13.6. The van der Waals surface area contributed by atoms with Crippen LogP contribution in [0.25, 0.3) is 11.3 Å². The highest BCUT2D eigenvalue weighted by molar-refractivity contribution is 5.94. The summed E-state index contributed by atoms with van der Waals surface area (Å²) in [5.41, 5.74) is 0.712. The van der Waals surface area contributed by atoms with Gasteiger partial charge in [0.1, 0.15) is 5.56 Å². The molecule has 138 valence electrons. The van der Waals surface area contributed by atoms with Crippen molar-refractivity contribution >= 4 is 5.91 Å². The van der Waals surface area contributed by atoms with Gasteiger partial charge in [-0.2, -0.15) is 0 Å². The van der Waals surface area contributed by atoms with Crippen LogP contribution in [0.1, 0.15) is 23.2 Å². The van der Waals surface area contributed by atoms with E-state index in [9.17, 15) is 22.8 Å². The van der Waals surface area contributed by atoms with E-state index in [4.69, 9.17) is 0 Å². The second-order valence-corrected chi connectivity index (χ2v) is 5.91. The molecule has 0 atom stereocenters. The van der Waals surface area contributed by atoms with Crippen molar-refractivity contribution in [2.24, 2.45) is 0 Å². The van der Waals surface area contributed by atoms with Crippen molar-refractivity contribution in [1.29, 1.82) is 0 Å². The predicted molar refractivity (Wildman–Crippen MR) is 86.4 cm³/mol. The molecule has 2 aromatic rings. The summed E-state index contributed by atoms with van der Waals surface area (Å²) in [6.45, 7) is 0.205. The fourth-order valence-corrected chi connectivity index (χ4v) is 2.88. The van der Waals surface area contributed by atoms with E-state index in [-0.39, 0.29) is 31.5 Å². The number of nitrogens with one attached hydrogen (secondary N) is 1. The quantitative estimate of drug-likeness (QED) is 0.905. The van der Waals surface area contributed by atoms with Gasteiger partial charge in [-0.3, -0.25) is 19.3 Å². The lowest BCUT2D eigenvalue weighted by Crippen LogP contribution is -2.43. The maximum Gasteiger partial charge on any atom is 0.522 e. The monoisotopic (exact) mass is 367 g/mol. The van der Waals surface area contributed by atoms with Gasteiger partial charge in [-0.05, 0) is 37.1 Å². The number of halogens is 3. The molecule has 1 saturated heterocycles. The first-order valence-corrected chi connectivity index (χ1v) is 8.01. The van der Waals surface area contributed by atoms with E-state index in [1.807, 2.05) is 0 Å². The summed E-state index contributed by atoms with van der Waals surface area (Å²) in [7, 11) is 0. The maximum absolute atomic E-state index is 12.5. The Morgan fingerprint density at radius 1 is 1.15 bits per heavy atom. The van der Waals surface area contributed by atoms with E-state index in [2.05, 4.69) is 14.7 Å². The van der Waals surface area contributed by atoms with E-state index >= 15 is 0 Å². The average Bonchev–Trinajstić information content (AvgIpc) is 2.61. The topological polar surface area (TPSA) is 75.3 Å². The Morgan fingerprint density at radius 2 is 1.81 bits per heavy atom. The number of ether oxygens (including phenoxy) is 1. The van der Waals surface area contributed by atoms with Crippen molar-refractivity contribution < 1.29 is 22.7 Å². The Bertz CT molecular complexity index is 828. The smallest absolute Gasteiger partial charge is 0.338 e. The number of pyridine rings is 2. The van der Waals surface area contributed by atoms with Crippen LogP contribution in [0.4, 0.5) is 13.2 Å². The lowest BCUT2D eigenvalue weighted by molar-refractivity contribution is -0.345. The van der Waals surface area contributed by atoms with Gasteiger partial charge in [-0.15, -0.1) is 13.2 Å². The minimum Gasteiger partial charge on any atom is -0.338 e. The standard InChI is InChI=1S/C17H16F3N3O3/c18-17(19,20)26-12-5-9-23(10-6-12)16(25)13-1-2-14(22-15(13)24)11-3-7-21-8-4-11/h1-4,7-8,12H,5-6,9-10H2,(H,22,24). The van der Waals surface area contributed by atoms with Crippen LogP contribution in [0.3, 0.4) is 0 Å². The number of H-pyrrole nitrogens is 1. The second-order valence-electron chi connectivity index (χ2n) is 5.91. The highest BCUT2D eigenvalue weighted by atomic mass is 19.4. The Hall–Kier alpha value is -2.68. The van der Waals surface area contributed by atoms with Crippen LogP contribution in [0, 0.1) is 0 Å². The summed E-state index contributed by atoms with van der Waals surface area (Å²) in [6, 6.07) is 6.48. The molecule has 0 unspecified atom stereocenters. The molecule has 1 aliphatic rings. The Balaban J connectivity index is 1.68. The third kappa shape index (κ3) is 4.29. The summed E-state index contributed by atoms with van der Waals surface area (Å²) in [6.07, 6.45) is -2.35. The molecule has 9 heteroatoms. The number of carbonyl (C=O) groups is 1. The molecular weight excluding hydrogens is 351 g/mol. The first kappa shape index (κ1) is 18.1. The molecule has 2 aromatic heterocycles. The van der Waals surface area contributed by atoms with Gasteiger partial charge in [0.25, 0.3) is 11.5 Å². The van der Waals surface area contributed by atoms with E-state index in [0.717, 1.165) is 5.56 Å². The number of aromatic amines is 1. The Morgan fingerprint density at radius 3 is 2.38 bits per heavy atom. The number of alkyl halides is 3. The fraction of sp³-hybridized carbons (Fsp3) is 0.353. The molecule has 1 fully saturated rings. The summed E-state index contributed by atoms with van der Waals surface area (Å²) in [5, 5.41) is 0. The number of piperidine rings is 1. The maximum atomic E-state index is 12.5. The van der Waals surface area contributed by atoms with Gasteiger partial charge >= 0.3 is 6.36 Å². The van der Waals surface area contributed by atoms with Crippen LogP contribution >= 0.6 is 0 Å². The number of rotatable bonds is 3. The molecule has 0 saturated carbocycles. The average molecular weight is 367 g/mol. The number of hydrogen-bond acceptors (Lipinski definition) is 4. The van der Waals surface area contributed by atoms with Gasteiger partial charge in [0.2, 0.25) is 0 Å². The van der Waals surface area contributed by atoms with Crippen molar-refractivity contribution in [3.63, 3.8) is 0 Å². The van der Waals surface area contributed by atoms with Crippen LogP contribution in [0.2, 0.25) is 0 Å². The largest absolute Gasteiger partial charge is 0.522 e. The van der Waals surface area contributed by atoms with E-state index < -0.39 is 23.9 Å². The molecule has 3 rings (SSSR count). The molecule has 1 aliphatic heterocycles. The third-order valence-electron chi connectivity index (χ3n) is 4.16. The third-order valence-corrected chi connectivity index (χ3v) is 4.16. The molecule has 26 heavy (non-hydrogen) atoms. The van der Waals surface area contributed by atoms with Crippen LogP contribution in [-0.4, -0.2) is 46.3 Å². The number of hydrogen-bond donors (Lipinski definition) is 1. The SMILES string of the molecule is O=C(c1ccc(-c2ccncc2)[nH]c1=O)N1CCC(OC(F)(F)F)CC1. The molecule has 0 aliphatic carbocycles. The molecule has 0 bridgehead atoms. The molecule has 6 nitrogen and oxygen atoms in total. The van der Waals surface area contributed by atoms with Crippen molar-refractivity contribution in [2.75, 3.05) is 13.1 Å². The van der Waals surface area contributed by atoms with Gasteiger partial charge in [-0.25, -0.2) is 0 Å². The molecule has 0 spiro atoms. The van der Waals surface area contributed by atoms with Crippen molar-refractivity contribution in [1.82, 2.24) is 14.9 Å². The zero-order valence-electron chi connectivity index (χ0n) is 13.6. The number of nitrogens with zero attached hydrogens (tertiary/aromatic N) is 2. The molecule has 1 N–H and O–H groups in total. The highest BCUT2D eigenvalue weighted by Gasteiger charge is 2.36. The lowest BCUT2D eigenvalue weighted by atomic mass is 10.1. The molecule has 0 radical (unpaired) electrons. The predicted octanol–water partition coefficient (Wildman–Crippen LogP) is 2.58. The molecule has 3 heterocycles. The van der Waals surface area contributed by atoms with Crippen molar-refractivity contribution in [3.05, 3.63) is 52.6 Å². The Labute approximate surface area is 146 Å². The molecule has 1 amide bonds. The summed E-state index contributed by atoms with van der Waals surface area (Å²) in [5.74, 6) is -0.502. The minimum atomic E-state index is -4.68. The van der Waals surface area contributed by atoms with Gasteiger partial charge in [0.05, 0.1) is 6.10 Å². The Kier molecular flexibility index (Phi) is 5.08. The van der Waals surface area contributed by atoms with Crippen molar-refractivity contribution in [3.8, 4) is 11.3 Å². The molecular formula is C17H16F3N3O3. The van der Waals surface area contributed by atoms with Crippen molar-refractivity contribution in [2.45, 2.75) is 25.3 Å². The summed E-state index contributed by atoms with van der Waals surface area (Å²) < 4.78 is 40.7. The van der Waals surface area contributed by atoms with E-state index in [1.54, 1.807) is 30.6 Å². The minimum absolute atomic E-state index is 0.0435. The van der Waals surface area contributed by atoms with Crippen LogP contribution < -0.4 is 5.56 Å². The first-order chi connectivity index (χ1) is 12.3. The number of aromatic nitrogens is 2. The first-order valence-electron chi connectivity index (χ1n) is 8.01. The fourth-order valence-electron chi connectivity index (χ4n) is 2.88. The lowest BCUT2D eigenvalue weighted by Gasteiger charge is -2.32. The van der Waals surface area contributed by atoms with Crippen LogP contribution in [-0.2, 0) is 4.74 Å². The van der Waals surface area contributed by atoms with Crippen LogP contribution in [0.5, 0.6) is 0 Å². The number of carbonyl (C=O) groups excluding carboxylic acids is 1. The summed E-state index contributed by atoms with van der Waals surface area (Å²) in [4.78, 5) is 32.7. The van der Waals surface area contributed by atoms with Gasteiger partial charge in [-0.1, -0.05) is 0 Å². The van der Waals surface area contributed by atoms with E-state index in [0.29, 0.717) is 5.69 Å². The van der Waals surface area contributed by atoms with Gasteiger partial charge in [0.15, 0.2) is 0 Å².